The Hall–Kier alpha value is -2.14. The van der Waals surface area contributed by atoms with E-state index in [0.29, 0.717) is 12.6 Å². The van der Waals surface area contributed by atoms with Crippen LogP contribution >= 0.6 is 0 Å². The van der Waals surface area contributed by atoms with Crippen LogP contribution < -0.4 is 0 Å². The van der Waals surface area contributed by atoms with Crippen LogP contribution in [0.1, 0.15) is 36.9 Å². The number of aryl methyl sites for hydroxylation is 1. The van der Waals surface area contributed by atoms with Crippen molar-refractivity contribution in [3.63, 3.8) is 0 Å². The molecular formula is C22H30N4O. The zero-order valence-corrected chi connectivity index (χ0v) is 16.5. The molecule has 5 nitrogen and oxygen atoms in total. The fourth-order valence-corrected chi connectivity index (χ4v) is 4.64. The monoisotopic (exact) mass is 366 g/mol. The standard InChI is InChI=1S/C22H30N4O/c1-24(18-10-6-7-11-18)16-21(27)26-14-12-19-20(13-15-26)25(2)23-22(19)17-8-4-3-5-9-17/h3-5,8-9,18H,6-7,10-16H2,1-2H3. The van der Waals surface area contributed by atoms with Crippen LogP contribution in [0.2, 0.25) is 0 Å². The van der Waals surface area contributed by atoms with E-state index in [1.807, 2.05) is 17.8 Å². The van der Waals surface area contributed by atoms with Crippen molar-refractivity contribution >= 4 is 5.91 Å². The molecule has 1 aromatic heterocycles. The van der Waals surface area contributed by atoms with Gasteiger partial charge in [-0.1, -0.05) is 43.2 Å². The topological polar surface area (TPSA) is 41.4 Å². The maximum absolute atomic E-state index is 12.9. The Bertz CT molecular complexity index is 792. The van der Waals surface area contributed by atoms with E-state index < -0.39 is 0 Å². The average molecular weight is 367 g/mol. The van der Waals surface area contributed by atoms with Crippen LogP contribution in [-0.2, 0) is 24.7 Å². The molecule has 5 heteroatoms. The summed E-state index contributed by atoms with van der Waals surface area (Å²) in [7, 11) is 4.13. The summed E-state index contributed by atoms with van der Waals surface area (Å²) >= 11 is 0. The van der Waals surface area contributed by atoms with Gasteiger partial charge in [-0.05, 0) is 26.3 Å². The lowest BCUT2D eigenvalue weighted by Crippen LogP contribution is -2.43. The van der Waals surface area contributed by atoms with Gasteiger partial charge < -0.3 is 4.90 Å². The molecule has 0 atom stereocenters. The lowest BCUT2D eigenvalue weighted by atomic mass is 10.0. The molecule has 1 fully saturated rings. The molecule has 4 rings (SSSR count). The number of amides is 1. The number of carbonyl (C=O) groups is 1. The summed E-state index contributed by atoms with van der Waals surface area (Å²) in [6.45, 7) is 2.12. The van der Waals surface area contributed by atoms with Crippen molar-refractivity contribution in [2.24, 2.45) is 7.05 Å². The van der Waals surface area contributed by atoms with E-state index in [1.165, 1.54) is 36.9 Å². The number of benzene rings is 1. The summed E-state index contributed by atoms with van der Waals surface area (Å²) in [6.07, 6.45) is 6.84. The number of hydrogen-bond acceptors (Lipinski definition) is 3. The SMILES string of the molecule is CN(CC(=O)N1CCc2c(-c3ccccc3)nn(C)c2CC1)C1CCCC1. The van der Waals surface area contributed by atoms with Crippen molar-refractivity contribution in [3.8, 4) is 11.3 Å². The van der Waals surface area contributed by atoms with Crippen LogP contribution in [0.5, 0.6) is 0 Å². The Labute approximate surface area is 162 Å². The summed E-state index contributed by atoms with van der Waals surface area (Å²) in [6, 6.07) is 11.0. The molecule has 27 heavy (non-hydrogen) atoms. The van der Waals surface area contributed by atoms with Gasteiger partial charge in [0.05, 0.1) is 12.2 Å². The third kappa shape index (κ3) is 3.79. The maximum atomic E-state index is 12.9. The quantitative estimate of drug-likeness (QED) is 0.835. The third-order valence-electron chi connectivity index (χ3n) is 6.26. The minimum absolute atomic E-state index is 0.270. The lowest BCUT2D eigenvalue weighted by molar-refractivity contribution is -0.132. The number of carbonyl (C=O) groups excluding carboxylic acids is 1. The first-order chi connectivity index (χ1) is 13.1. The molecule has 0 unspecified atom stereocenters. The highest BCUT2D eigenvalue weighted by molar-refractivity contribution is 5.78. The van der Waals surface area contributed by atoms with E-state index in [9.17, 15) is 4.79 Å². The molecular weight excluding hydrogens is 336 g/mol. The molecule has 0 N–H and O–H groups in total. The highest BCUT2D eigenvalue weighted by atomic mass is 16.2. The molecule has 0 saturated heterocycles. The van der Waals surface area contributed by atoms with Gasteiger partial charge in [0.15, 0.2) is 0 Å². The van der Waals surface area contributed by atoms with Crippen LogP contribution in [0.25, 0.3) is 11.3 Å². The van der Waals surface area contributed by atoms with Gasteiger partial charge in [0.2, 0.25) is 5.91 Å². The first-order valence-electron chi connectivity index (χ1n) is 10.2. The van der Waals surface area contributed by atoms with Gasteiger partial charge in [-0.2, -0.15) is 5.10 Å². The first-order valence-corrected chi connectivity index (χ1v) is 10.2. The van der Waals surface area contributed by atoms with Crippen LogP contribution in [-0.4, -0.2) is 58.2 Å². The molecule has 144 valence electrons. The van der Waals surface area contributed by atoms with Crippen molar-refractivity contribution in [2.45, 2.75) is 44.6 Å². The highest BCUT2D eigenvalue weighted by Crippen LogP contribution is 2.28. The van der Waals surface area contributed by atoms with E-state index in [1.54, 1.807) is 0 Å². The molecule has 2 aliphatic rings. The Kier molecular flexibility index (Phi) is 5.30. The number of hydrogen-bond donors (Lipinski definition) is 0. The molecule has 1 aliphatic heterocycles. The van der Waals surface area contributed by atoms with Crippen molar-refractivity contribution < 1.29 is 4.79 Å². The van der Waals surface area contributed by atoms with Crippen LogP contribution in [0.15, 0.2) is 30.3 Å². The minimum Gasteiger partial charge on any atom is -0.341 e. The van der Waals surface area contributed by atoms with Crippen molar-refractivity contribution in [2.75, 3.05) is 26.7 Å². The largest absolute Gasteiger partial charge is 0.341 e. The van der Waals surface area contributed by atoms with Crippen LogP contribution in [0, 0.1) is 0 Å². The first kappa shape index (κ1) is 18.2. The van der Waals surface area contributed by atoms with Gasteiger partial charge >= 0.3 is 0 Å². The molecule has 2 aromatic rings. The minimum atomic E-state index is 0.270. The van der Waals surface area contributed by atoms with Gasteiger partial charge in [-0.15, -0.1) is 0 Å². The van der Waals surface area contributed by atoms with Crippen LogP contribution in [0.4, 0.5) is 0 Å². The number of rotatable bonds is 4. The molecule has 1 saturated carbocycles. The van der Waals surface area contributed by atoms with Gasteiger partial charge in [-0.25, -0.2) is 0 Å². The number of aromatic nitrogens is 2. The second-order valence-electron chi connectivity index (χ2n) is 8.00. The molecule has 0 spiro atoms. The Morgan fingerprint density at radius 3 is 2.59 bits per heavy atom. The van der Waals surface area contributed by atoms with E-state index in [0.717, 1.165) is 37.2 Å². The van der Waals surface area contributed by atoms with E-state index in [2.05, 4.69) is 41.1 Å². The second kappa shape index (κ2) is 7.85. The summed E-state index contributed by atoms with van der Waals surface area (Å²) in [4.78, 5) is 17.2. The average Bonchev–Trinajstić information content (AvgIpc) is 3.25. The van der Waals surface area contributed by atoms with Crippen molar-refractivity contribution in [3.05, 3.63) is 41.6 Å². The number of fused-ring (bicyclic) bond motifs is 1. The molecule has 2 heterocycles. The predicted octanol–water partition coefficient (Wildman–Crippen LogP) is 2.89. The van der Waals surface area contributed by atoms with E-state index >= 15 is 0 Å². The highest BCUT2D eigenvalue weighted by Gasteiger charge is 2.27. The van der Waals surface area contributed by atoms with Gasteiger partial charge in [-0.3, -0.25) is 14.4 Å². The molecule has 1 aliphatic carbocycles. The predicted molar refractivity (Wildman–Crippen MR) is 108 cm³/mol. The Balaban J connectivity index is 1.46. The zero-order chi connectivity index (χ0) is 18.8. The van der Waals surface area contributed by atoms with Gasteiger partial charge in [0, 0.05) is 49.4 Å². The lowest BCUT2D eigenvalue weighted by Gasteiger charge is -2.27. The fraction of sp³-hybridized carbons (Fsp3) is 0.545. The number of likely N-dealkylation sites (N-methyl/N-ethyl adjacent to an activating group) is 1. The van der Waals surface area contributed by atoms with Crippen molar-refractivity contribution in [1.29, 1.82) is 0 Å². The molecule has 1 amide bonds. The number of nitrogens with zero attached hydrogens (tertiary/aromatic N) is 4. The molecule has 0 radical (unpaired) electrons. The normalized spacial score (nSPS) is 18.0. The van der Waals surface area contributed by atoms with E-state index in [4.69, 9.17) is 5.10 Å². The van der Waals surface area contributed by atoms with Crippen LogP contribution in [0.3, 0.4) is 0 Å². The summed E-state index contributed by atoms with van der Waals surface area (Å²) in [5, 5.41) is 4.78. The smallest absolute Gasteiger partial charge is 0.236 e. The summed E-state index contributed by atoms with van der Waals surface area (Å²) in [5.74, 6) is 0.270. The van der Waals surface area contributed by atoms with Gasteiger partial charge in [0.1, 0.15) is 0 Å². The summed E-state index contributed by atoms with van der Waals surface area (Å²) < 4.78 is 2.01. The second-order valence-corrected chi connectivity index (χ2v) is 8.00. The Morgan fingerprint density at radius 1 is 1.15 bits per heavy atom. The molecule has 1 aromatic carbocycles. The fourth-order valence-electron chi connectivity index (χ4n) is 4.64. The maximum Gasteiger partial charge on any atom is 0.236 e. The third-order valence-corrected chi connectivity index (χ3v) is 6.26. The Morgan fingerprint density at radius 2 is 1.85 bits per heavy atom. The zero-order valence-electron chi connectivity index (χ0n) is 16.5. The van der Waals surface area contributed by atoms with Crippen molar-refractivity contribution in [1.82, 2.24) is 19.6 Å². The summed E-state index contributed by atoms with van der Waals surface area (Å²) in [5.41, 5.74) is 4.82. The molecule has 0 bridgehead atoms. The van der Waals surface area contributed by atoms with Gasteiger partial charge in [0.25, 0.3) is 0 Å². The van der Waals surface area contributed by atoms with E-state index in [-0.39, 0.29) is 5.91 Å².